The second-order valence-corrected chi connectivity index (χ2v) is 34.0. The number of rotatable bonds is 16. The molecule has 11 heterocycles. The van der Waals surface area contributed by atoms with E-state index in [1.54, 1.807) is 11.3 Å². The van der Waals surface area contributed by atoms with Crippen LogP contribution in [0.15, 0.2) is 327 Å². The Balaban J connectivity index is 0.000000265. The van der Waals surface area contributed by atoms with Gasteiger partial charge in [0, 0.05) is 175 Å². The monoisotopic (exact) mass is 3020 g/mol. The van der Waals surface area contributed by atoms with Crippen LogP contribution in [0.25, 0.3) is 133 Å². The Hall–Kier alpha value is -12.1. The van der Waals surface area contributed by atoms with Crippen LogP contribution >= 0.6 is 11.3 Å². The molecule has 0 spiro atoms. The summed E-state index contributed by atoms with van der Waals surface area (Å²) in [4.78, 5) is 73.2. The number of para-hydroxylation sites is 2. The van der Waals surface area contributed by atoms with Crippen LogP contribution in [0.3, 0.4) is 0 Å². The summed E-state index contributed by atoms with van der Waals surface area (Å²) < 4.78 is 1.26. The van der Waals surface area contributed by atoms with Crippen molar-refractivity contribution in [2.45, 2.75) is 148 Å². The van der Waals surface area contributed by atoms with Crippen molar-refractivity contribution in [2.24, 2.45) is 0 Å². The van der Waals surface area contributed by atoms with Crippen molar-refractivity contribution in [1.29, 1.82) is 0 Å². The van der Waals surface area contributed by atoms with E-state index in [-0.39, 0.29) is 156 Å². The van der Waals surface area contributed by atoms with Gasteiger partial charge >= 0.3 is 0 Å². The van der Waals surface area contributed by atoms with E-state index in [0.29, 0.717) is 0 Å². The number of benzene rings is 9. The van der Waals surface area contributed by atoms with Crippen molar-refractivity contribution in [3.05, 3.63) is 446 Å². The summed E-state index contributed by atoms with van der Waals surface area (Å²) in [6.07, 6.45) is 25.8. The number of aliphatic hydroxyl groups is 3. The van der Waals surface area contributed by atoms with Crippen LogP contribution in [-0.4, -0.2) is 62.6 Å². The molecule has 10 aromatic heterocycles. The number of H-pyrrole nitrogens is 1. The molecule has 8 bridgehead atoms. The molecular formula is C124H117Ir5N9O6PtS-8. The number of fused-ring (bicyclic) bond motifs is 13. The molecule has 0 unspecified atom stereocenters. The van der Waals surface area contributed by atoms with E-state index in [1.165, 1.54) is 158 Å². The van der Waals surface area contributed by atoms with Gasteiger partial charge in [-0.25, -0.2) is 11.3 Å². The summed E-state index contributed by atoms with van der Waals surface area (Å²) in [7, 11) is 0. The maximum absolute atomic E-state index is 10.0. The molecule has 0 atom stereocenters. The Morgan fingerprint density at radius 3 is 1.00 bits per heavy atom. The van der Waals surface area contributed by atoms with Crippen LogP contribution in [0, 0.1) is 30.3 Å². The number of aromatic nitrogens is 9. The first-order valence-corrected chi connectivity index (χ1v) is 48.3. The van der Waals surface area contributed by atoms with Crippen molar-refractivity contribution in [2.75, 3.05) is 0 Å². The molecule has 15 nitrogen and oxygen atoms in total. The molecule has 5 radical (unpaired) electrons. The summed E-state index contributed by atoms with van der Waals surface area (Å²) in [5, 5.41) is 37.7. The molecule has 763 valence electrons. The molecule has 19 aromatic rings. The predicted octanol–water partition coefficient (Wildman–Crippen LogP) is 25.7. The summed E-state index contributed by atoms with van der Waals surface area (Å²) in [5.41, 5.74) is 26.5. The number of aromatic amines is 1. The first-order valence-electron chi connectivity index (χ1n) is 47.4. The van der Waals surface area contributed by atoms with Crippen molar-refractivity contribution in [3.8, 4) is 55.6 Å². The molecule has 146 heavy (non-hydrogen) atoms. The number of pyridine rings is 5. The maximum atomic E-state index is 10.0. The molecule has 0 amide bonds. The number of allylic oxidation sites excluding steroid dienone is 6. The maximum Gasteiger partial charge on any atom is 0.155 e. The Kier molecular flexibility index (Phi) is 52.7. The number of ketones is 3. The minimum atomic E-state index is -0.125. The van der Waals surface area contributed by atoms with E-state index in [4.69, 9.17) is 30.3 Å². The van der Waals surface area contributed by atoms with Gasteiger partial charge < -0.3 is 50.2 Å². The third-order valence-corrected chi connectivity index (χ3v) is 23.9. The Morgan fingerprint density at radius 2 is 0.664 bits per heavy atom. The van der Waals surface area contributed by atoms with Gasteiger partial charge in [-0.1, -0.05) is 247 Å². The molecule has 0 saturated heterocycles. The fourth-order valence-electron chi connectivity index (χ4n) is 16.7. The Morgan fingerprint density at radius 1 is 0.329 bits per heavy atom. The van der Waals surface area contributed by atoms with E-state index in [0.717, 1.165) is 151 Å². The standard InChI is InChI=1S/C36H45N4.4C15H10N.C13H8NS.3C5H8O2.5Ir.Pt/c1-9-21-22(10-2)30-18-32-25(13-5)26(14-6)34(39-32)20-36-28(16-8)27(15-7)35(40-36)19-33-24(12-4)23(11-3)31(38-33)17-29(21)37-30;2*1-2-7-13(8-3-1)15-14-9-5-4-6-12(14)10-11-16-15;2*1-2-6-12(7-3-1)15-11-10-13-8-4-5-9-14(13)16-15;1-2-7-12-10(5-1)9-13(15-12)11-6-3-4-8-14-11;3*1-4(6)3-5(2)7;;;;;;/h17-20,37H,9-16H2,1-8H3;2*1-7,9-11H;2*1-6,8-11H;1-8H;3*3,6H,1-2H3;;;;;;/q-3;5*-1;;;;;;;;;/b29-17?,30-18?,31-17-,32-18-,33-19?,34-20?,35-19?,36-20?;;;;;;4-3-;;;;;;;;. The van der Waals surface area contributed by atoms with Crippen LogP contribution in [0.4, 0.5) is 0 Å². The van der Waals surface area contributed by atoms with Crippen molar-refractivity contribution in [1.82, 2.24) is 44.9 Å². The third-order valence-electron chi connectivity index (χ3n) is 22.8. The number of carbonyl (C=O) groups excluding carboxylic acids is 3. The smallest absolute Gasteiger partial charge is 0.155 e. The van der Waals surface area contributed by atoms with Gasteiger partial charge in [0.25, 0.3) is 0 Å². The largest absolute Gasteiger partial charge is 0.657 e. The zero-order valence-electron chi connectivity index (χ0n) is 83.9. The fourth-order valence-corrected chi connectivity index (χ4v) is 17.7. The predicted molar refractivity (Wildman–Crippen MR) is 577 cm³/mol. The number of nitrogens with one attached hydrogen (secondary N) is 1. The molecule has 1 aliphatic rings. The first kappa shape index (κ1) is 123. The van der Waals surface area contributed by atoms with Gasteiger partial charge in [-0.3, -0.25) is 24.4 Å². The molecule has 0 saturated carbocycles. The van der Waals surface area contributed by atoms with E-state index >= 15 is 0 Å². The number of nitrogens with zero attached hydrogens (tertiary/aromatic N) is 8. The van der Waals surface area contributed by atoms with Crippen LogP contribution in [0.5, 0.6) is 0 Å². The topological polar surface area (TPSA) is 234 Å². The molecule has 0 fully saturated rings. The quantitative estimate of drug-likeness (QED) is 0.0400. The third kappa shape index (κ3) is 34.2. The molecule has 20 rings (SSSR count). The fraction of sp³-hybridized carbons (Fsp3) is 0.177. The van der Waals surface area contributed by atoms with Gasteiger partial charge in [-0.2, -0.15) is 0 Å². The van der Waals surface area contributed by atoms with E-state index in [9.17, 15) is 14.4 Å². The van der Waals surface area contributed by atoms with Gasteiger partial charge in [0.05, 0.1) is 28.3 Å². The average molecular weight is 3020 g/mol. The second kappa shape index (κ2) is 62.8. The summed E-state index contributed by atoms with van der Waals surface area (Å²) in [6, 6.07) is 107. The normalized spacial score (nSPS) is 11.3. The van der Waals surface area contributed by atoms with E-state index < -0.39 is 0 Å². The summed E-state index contributed by atoms with van der Waals surface area (Å²) in [6.45, 7) is 26.6. The zero-order valence-corrected chi connectivity index (χ0v) is 99.0. The molecule has 1 aliphatic heterocycles. The van der Waals surface area contributed by atoms with Crippen LogP contribution < -0.4 is 36.3 Å². The Labute approximate surface area is 943 Å². The van der Waals surface area contributed by atoms with Gasteiger partial charge in [-0.15, -0.1) is 200 Å². The summed E-state index contributed by atoms with van der Waals surface area (Å²) in [5.74, 6) is -0.187. The van der Waals surface area contributed by atoms with Crippen molar-refractivity contribution < 1.29 is 151 Å². The summed E-state index contributed by atoms with van der Waals surface area (Å²) >= 11 is 1.73. The SMILES string of the molecule is CC(=O)/C=C(/C)O.CC(=O)C=C(C)O.CC(=O)C=C(C)O.CCc1c2[n-]c(c1CC)C=c1[n-]/c(c(CC)c1CC)=C\c1[nH]c(c(CC)c1CC)/C=c1\[n-]c(c(CC)c1CC)=C2.[Ir].[Ir].[Ir].[Ir].[Ir].[Pt].[c-]1c(-c2ccccn2)sc2ccccc12.[c-]1ccccc1-c1ccc2ccccc2n1.[c-]1ccccc1-c1ccc2ccccc2n1.[c-]1ccccc1-c1nccc2ccccc12.[c-]1ccccc1-c1nccc2ccccc12. The minimum Gasteiger partial charge on any atom is -0.657 e. The number of hydrogen-bond donors (Lipinski definition) is 4. The number of hydrogen-bond acceptors (Lipinski definition) is 12. The Bertz CT molecular complexity index is 7180. The van der Waals surface area contributed by atoms with E-state index in [1.807, 2.05) is 225 Å². The zero-order chi connectivity index (χ0) is 99.4. The second-order valence-electron chi connectivity index (χ2n) is 32.9. The number of carbonyl (C=O) groups is 3. The molecule has 0 aliphatic carbocycles. The molecule has 4 N–H and O–H groups in total. The molecule has 9 aromatic carbocycles. The van der Waals surface area contributed by atoms with Gasteiger partial charge in [0.2, 0.25) is 0 Å². The van der Waals surface area contributed by atoms with Crippen molar-refractivity contribution in [3.63, 3.8) is 0 Å². The van der Waals surface area contributed by atoms with Gasteiger partial charge in [-0.05, 0) is 199 Å². The van der Waals surface area contributed by atoms with E-state index in [2.05, 4.69) is 207 Å². The van der Waals surface area contributed by atoms with Crippen LogP contribution in [-0.2, 0) is 187 Å². The number of thiophene rings is 1. The average Bonchev–Trinajstić information content (AvgIpc) is 1.61. The van der Waals surface area contributed by atoms with Gasteiger partial charge in [0.1, 0.15) is 0 Å². The minimum absolute atomic E-state index is 0. The van der Waals surface area contributed by atoms with Gasteiger partial charge in [0.15, 0.2) is 17.3 Å². The first-order chi connectivity index (χ1) is 68.0. The molecule has 22 heteroatoms. The molecular weight excluding hydrogens is 2900 g/mol. The van der Waals surface area contributed by atoms with Crippen LogP contribution in [0.1, 0.15) is 164 Å². The van der Waals surface area contributed by atoms with Crippen LogP contribution in [0.2, 0.25) is 0 Å². The number of aliphatic hydroxyl groups excluding tert-OH is 3. The van der Waals surface area contributed by atoms with Crippen molar-refractivity contribution >= 4 is 106 Å².